The van der Waals surface area contributed by atoms with Gasteiger partial charge in [0.25, 0.3) is 15.9 Å². The molecule has 9 heteroatoms. The van der Waals surface area contributed by atoms with E-state index in [9.17, 15) is 8.42 Å². The van der Waals surface area contributed by atoms with Crippen molar-refractivity contribution < 1.29 is 22.0 Å². The summed E-state index contributed by atoms with van der Waals surface area (Å²) in [5.41, 5.74) is 0.357. The van der Waals surface area contributed by atoms with Crippen LogP contribution in [-0.4, -0.2) is 25.7 Å². The maximum Gasteiger partial charge on any atom is 0.295 e. The zero-order chi connectivity index (χ0) is 16.4. The van der Waals surface area contributed by atoms with Gasteiger partial charge < -0.3 is 13.6 Å². The molecule has 0 aliphatic rings. The summed E-state index contributed by atoms with van der Waals surface area (Å²) in [6.45, 7) is 1.63. The Morgan fingerprint density at radius 2 is 1.96 bits per heavy atom. The maximum absolute atomic E-state index is 12.3. The quantitative estimate of drug-likeness (QED) is 0.763. The zero-order valence-electron chi connectivity index (χ0n) is 12.3. The highest BCUT2D eigenvalue weighted by molar-refractivity contribution is 7.92. The van der Waals surface area contributed by atoms with Crippen LogP contribution in [0.15, 0.2) is 50.3 Å². The molecule has 0 saturated heterocycles. The number of hydrogen-bond acceptors (Lipinski definition) is 7. The summed E-state index contributed by atoms with van der Waals surface area (Å²) in [6.07, 6.45) is 0. The number of nitrogens with zero attached hydrogens (tertiary/aromatic N) is 2. The fourth-order valence-corrected chi connectivity index (χ4v) is 2.85. The summed E-state index contributed by atoms with van der Waals surface area (Å²) in [5.74, 6) is 1.18. The summed E-state index contributed by atoms with van der Waals surface area (Å²) in [4.78, 5) is 0. The summed E-state index contributed by atoms with van der Waals surface area (Å²) < 4.78 is 42.6. The number of methoxy groups -OCH3 is 1. The second-order valence-corrected chi connectivity index (χ2v) is 6.20. The molecule has 3 aromatic rings. The number of rotatable bonds is 5. The average molecular weight is 335 g/mol. The number of aryl methyl sites for hydroxylation is 1. The van der Waals surface area contributed by atoms with E-state index < -0.39 is 10.0 Å². The van der Waals surface area contributed by atoms with Crippen LogP contribution in [0.5, 0.6) is 5.75 Å². The molecule has 23 heavy (non-hydrogen) atoms. The van der Waals surface area contributed by atoms with Crippen LogP contribution in [-0.2, 0) is 10.0 Å². The maximum atomic E-state index is 12.3. The Balaban J connectivity index is 1.86. The summed E-state index contributed by atoms with van der Waals surface area (Å²) in [6, 6.07) is 9.31. The Morgan fingerprint density at radius 1 is 1.13 bits per heavy atom. The number of anilines is 1. The average Bonchev–Trinajstić information content (AvgIpc) is 3.16. The molecule has 2 aromatic heterocycles. The van der Waals surface area contributed by atoms with Crippen LogP contribution < -0.4 is 9.46 Å². The van der Waals surface area contributed by atoms with E-state index in [0.29, 0.717) is 17.3 Å². The molecule has 2 heterocycles. The Bertz CT molecular complexity index is 929. The summed E-state index contributed by atoms with van der Waals surface area (Å²) >= 11 is 0. The van der Waals surface area contributed by atoms with E-state index in [1.165, 1.54) is 19.2 Å². The van der Waals surface area contributed by atoms with Crippen molar-refractivity contribution in [1.29, 1.82) is 0 Å². The highest BCUT2D eigenvalue weighted by Gasteiger charge is 2.21. The first-order valence-corrected chi connectivity index (χ1v) is 8.03. The van der Waals surface area contributed by atoms with Gasteiger partial charge in [0, 0.05) is 13.0 Å². The normalized spacial score (nSPS) is 11.4. The molecule has 3 rings (SSSR count). The van der Waals surface area contributed by atoms with Crippen LogP contribution in [0.3, 0.4) is 0 Å². The molecule has 8 nitrogen and oxygen atoms in total. The van der Waals surface area contributed by atoms with Crippen molar-refractivity contribution in [2.24, 2.45) is 0 Å². The Labute approximate surface area is 132 Å². The van der Waals surface area contributed by atoms with E-state index in [0.717, 1.165) is 0 Å². The molecule has 120 valence electrons. The van der Waals surface area contributed by atoms with Crippen molar-refractivity contribution in [2.75, 3.05) is 11.8 Å². The fourth-order valence-electron chi connectivity index (χ4n) is 1.87. The topological polar surface area (TPSA) is 107 Å². The second-order valence-electron chi connectivity index (χ2n) is 4.58. The number of sulfonamides is 1. The van der Waals surface area contributed by atoms with Crippen LogP contribution in [0.1, 0.15) is 5.89 Å². The first-order valence-electron chi connectivity index (χ1n) is 6.55. The number of ether oxygens (including phenoxy) is 1. The van der Waals surface area contributed by atoms with Crippen molar-refractivity contribution in [3.05, 3.63) is 42.3 Å². The van der Waals surface area contributed by atoms with E-state index in [1.54, 1.807) is 31.2 Å². The number of aromatic nitrogens is 2. The number of hydrogen-bond donors (Lipinski definition) is 1. The van der Waals surface area contributed by atoms with Crippen LogP contribution in [0.25, 0.3) is 11.7 Å². The van der Waals surface area contributed by atoms with Gasteiger partial charge in [-0.3, -0.25) is 4.72 Å². The molecular formula is C14H13N3O5S. The van der Waals surface area contributed by atoms with Gasteiger partial charge in [-0.1, -0.05) is 6.07 Å². The molecule has 0 aliphatic heterocycles. The van der Waals surface area contributed by atoms with E-state index in [4.69, 9.17) is 13.6 Å². The molecule has 0 radical (unpaired) electrons. The highest BCUT2D eigenvalue weighted by atomic mass is 32.2. The molecule has 0 bridgehead atoms. The lowest BCUT2D eigenvalue weighted by atomic mass is 10.3. The van der Waals surface area contributed by atoms with Gasteiger partial charge >= 0.3 is 0 Å². The SMILES string of the molecule is COc1cccc(NS(=O)(=O)c2ccc(-c3nnc(C)o3)o2)c1. The molecule has 0 amide bonds. The predicted molar refractivity (Wildman–Crippen MR) is 80.5 cm³/mol. The minimum Gasteiger partial charge on any atom is -0.497 e. The van der Waals surface area contributed by atoms with Crippen molar-refractivity contribution in [1.82, 2.24) is 10.2 Å². The smallest absolute Gasteiger partial charge is 0.295 e. The van der Waals surface area contributed by atoms with Crippen molar-refractivity contribution in [3.63, 3.8) is 0 Å². The minimum atomic E-state index is -3.88. The van der Waals surface area contributed by atoms with Gasteiger partial charge in [-0.15, -0.1) is 10.2 Å². The van der Waals surface area contributed by atoms with Gasteiger partial charge in [-0.2, -0.15) is 8.42 Å². The summed E-state index contributed by atoms with van der Waals surface area (Å²) in [5, 5.41) is 7.18. The number of furan rings is 1. The van der Waals surface area contributed by atoms with Gasteiger partial charge in [0.2, 0.25) is 11.0 Å². The standard InChI is InChI=1S/C14H13N3O5S/c1-9-15-16-14(21-9)12-6-7-13(22-12)23(18,19)17-10-4-3-5-11(8-10)20-2/h3-8,17H,1-2H3. The van der Waals surface area contributed by atoms with E-state index in [-0.39, 0.29) is 16.7 Å². The Hall–Kier alpha value is -2.81. The lowest BCUT2D eigenvalue weighted by Gasteiger charge is -2.07. The second kappa shape index (κ2) is 5.76. The molecule has 0 unspecified atom stereocenters. The van der Waals surface area contributed by atoms with E-state index >= 15 is 0 Å². The minimum absolute atomic E-state index is 0.116. The molecule has 1 N–H and O–H groups in total. The molecule has 1 aromatic carbocycles. The van der Waals surface area contributed by atoms with Gasteiger partial charge in [0.15, 0.2) is 5.76 Å². The van der Waals surface area contributed by atoms with E-state index in [2.05, 4.69) is 14.9 Å². The van der Waals surface area contributed by atoms with Crippen LogP contribution in [0, 0.1) is 6.92 Å². The van der Waals surface area contributed by atoms with Gasteiger partial charge in [-0.25, -0.2) is 0 Å². The third-order valence-electron chi connectivity index (χ3n) is 2.90. The van der Waals surface area contributed by atoms with Crippen LogP contribution >= 0.6 is 0 Å². The van der Waals surface area contributed by atoms with Gasteiger partial charge in [0.1, 0.15) is 5.75 Å². The van der Waals surface area contributed by atoms with Crippen molar-refractivity contribution in [3.8, 4) is 17.4 Å². The molecular weight excluding hydrogens is 322 g/mol. The largest absolute Gasteiger partial charge is 0.497 e. The van der Waals surface area contributed by atoms with Crippen molar-refractivity contribution >= 4 is 15.7 Å². The zero-order valence-corrected chi connectivity index (χ0v) is 13.1. The molecule has 0 spiro atoms. The lowest BCUT2D eigenvalue weighted by Crippen LogP contribution is -2.12. The molecule has 0 aliphatic carbocycles. The third kappa shape index (κ3) is 3.19. The lowest BCUT2D eigenvalue weighted by molar-refractivity contribution is 0.415. The van der Waals surface area contributed by atoms with Gasteiger partial charge in [-0.05, 0) is 24.3 Å². The van der Waals surface area contributed by atoms with Gasteiger partial charge in [0.05, 0.1) is 12.8 Å². The highest BCUT2D eigenvalue weighted by Crippen LogP contribution is 2.25. The monoisotopic (exact) mass is 335 g/mol. The van der Waals surface area contributed by atoms with Crippen LogP contribution in [0.4, 0.5) is 5.69 Å². The number of benzene rings is 1. The Kier molecular flexibility index (Phi) is 3.78. The molecule has 0 fully saturated rings. The predicted octanol–water partition coefficient (Wildman–Crippen LogP) is 2.45. The molecule has 0 atom stereocenters. The fraction of sp³-hybridized carbons (Fsp3) is 0.143. The summed E-state index contributed by atoms with van der Waals surface area (Å²) in [7, 11) is -2.38. The van der Waals surface area contributed by atoms with Crippen LogP contribution in [0.2, 0.25) is 0 Å². The first kappa shape index (κ1) is 15.1. The van der Waals surface area contributed by atoms with Crippen molar-refractivity contribution in [2.45, 2.75) is 12.0 Å². The molecule has 0 saturated carbocycles. The first-order chi connectivity index (χ1) is 11.0. The number of nitrogens with one attached hydrogen (secondary N) is 1. The Morgan fingerprint density at radius 3 is 2.65 bits per heavy atom. The van der Waals surface area contributed by atoms with E-state index in [1.807, 2.05) is 0 Å². The third-order valence-corrected chi connectivity index (χ3v) is 4.16.